The minimum Gasteiger partial charge on any atom is -0.492 e. The van der Waals surface area contributed by atoms with Gasteiger partial charge in [0.1, 0.15) is 5.75 Å². The Morgan fingerprint density at radius 1 is 1.42 bits per heavy atom. The third-order valence-corrected chi connectivity index (χ3v) is 5.71. The highest BCUT2D eigenvalue weighted by atomic mass is 32.2. The molecule has 2 N–H and O–H groups in total. The molecule has 8 heteroatoms. The van der Waals surface area contributed by atoms with Crippen molar-refractivity contribution in [2.75, 3.05) is 32.6 Å². The molecule has 7 nitrogen and oxygen atoms in total. The Bertz CT molecular complexity index is 683. The van der Waals surface area contributed by atoms with Gasteiger partial charge >= 0.3 is 0 Å². The number of carbonyl (C=O) groups is 1. The SMILES string of the molecule is CCOc1ccc(S(=O)(=O)N(C)C)cc1NC(=O)CC1CCCN1. The first-order valence-corrected chi connectivity index (χ1v) is 9.51. The highest BCUT2D eigenvalue weighted by molar-refractivity contribution is 7.89. The number of anilines is 1. The number of amides is 1. The zero-order valence-electron chi connectivity index (χ0n) is 14.3. The molecule has 0 spiro atoms. The van der Waals surface area contributed by atoms with Crippen molar-refractivity contribution < 1.29 is 17.9 Å². The lowest BCUT2D eigenvalue weighted by atomic mass is 10.1. The van der Waals surface area contributed by atoms with Gasteiger partial charge in [0, 0.05) is 26.6 Å². The molecule has 1 amide bonds. The van der Waals surface area contributed by atoms with Crippen molar-refractivity contribution in [3.63, 3.8) is 0 Å². The van der Waals surface area contributed by atoms with Crippen LogP contribution >= 0.6 is 0 Å². The lowest BCUT2D eigenvalue weighted by Gasteiger charge is -2.16. The summed E-state index contributed by atoms with van der Waals surface area (Å²) >= 11 is 0. The van der Waals surface area contributed by atoms with Crippen LogP contribution in [-0.2, 0) is 14.8 Å². The van der Waals surface area contributed by atoms with Gasteiger partial charge in [0.05, 0.1) is 17.2 Å². The van der Waals surface area contributed by atoms with Gasteiger partial charge in [-0.05, 0) is 44.5 Å². The highest BCUT2D eigenvalue weighted by Gasteiger charge is 2.21. The third-order valence-electron chi connectivity index (χ3n) is 3.90. The first kappa shape index (κ1) is 18.7. The van der Waals surface area contributed by atoms with Crippen molar-refractivity contribution >= 4 is 21.6 Å². The van der Waals surface area contributed by atoms with Crippen LogP contribution in [0.25, 0.3) is 0 Å². The zero-order valence-corrected chi connectivity index (χ0v) is 15.1. The Balaban J connectivity index is 2.22. The summed E-state index contributed by atoms with van der Waals surface area (Å²) in [5.74, 6) is 0.303. The van der Waals surface area contributed by atoms with Gasteiger partial charge in [-0.1, -0.05) is 0 Å². The minimum absolute atomic E-state index is 0.116. The lowest BCUT2D eigenvalue weighted by Crippen LogP contribution is -2.27. The van der Waals surface area contributed by atoms with Gasteiger partial charge in [-0.3, -0.25) is 4.79 Å². The van der Waals surface area contributed by atoms with Crippen LogP contribution in [0.4, 0.5) is 5.69 Å². The topological polar surface area (TPSA) is 87.7 Å². The second-order valence-corrected chi connectivity index (χ2v) is 8.08. The van der Waals surface area contributed by atoms with Crippen molar-refractivity contribution in [3.8, 4) is 5.75 Å². The standard InChI is InChI=1S/C16H25N3O4S/c1-4-23-15-8-7-13(24(21,22)19(2)3)11-14(15)18-16(20)10-12-6-5-9-17-12/h7-8,11-12,17H,4-6,9-10H2,1-3H3,(H,18,20). The maximum absolute atomic E-state index is 12.3. The summed E-state index contributed by atoms with van der Waals surface area (Å²) in [5.41, 5.74) is 0.378. The van der Waals surface area contributed by atoms with Crippen LogP contribution in [0.5, 0.6) is 5.75 Å². The molecular formula is C16H25N3O4S. The van der Waals surface area contributed by atoms with Gasteiger partial charge in [-0.2, -0.15) is 0 Å². The van der Waals surface area contributed by atoms with Crippen LogP contribution in [0.3, 0.4) is 0 Å². The number of rotatable bonds is 7. The summed E-state index contributed by atoms with van der Waals surface area (Å²) in [6.07, 6.45) is 2.40. The number of ether oxygens (including phenoxy) is 1. The molecule has 1 unspecified atom stereocenters. The van der Waals surface area contributed by atoms with E-state index >= 15 is 0 Å². The molecule has 24 heavy (non-hydrogen) atoms. The maximum atomic E-state index is 12.3. The molecule has 2 rings (SSSR count). The van der Waals surface area contributed by atoms with Crippen molar-refractivity contribution in [2.45, 2.75) is 37.1 Å². The Kier molecular flexibility index (Phi) is 6.20. The summed E-state index contributed by atoms with van der Waals surface area (Å²) in [5, 5.41) is 6.06. The number of benzene rings is 1. The van der Waals surface area contributed by atoms with Gasteiger partial charge in [0.2, 0.25) is 15.9 Å². The van der Waals surface area contributed by atoms with E-state index in [0.29, 0.717) is 24.5 Å². The molecule has 134 valence electrons. The summed E-state index contributed by atoms with van der Waals surface area (Å²) in [6.45, 7) is 3.18. The predicted octanol–water partition coefficient (Wildman–Crippen LogP) is 1.42. The van der Waals surface area contributed by atoms with E-state index in [1.807, 2.05) is 6.92 Å². The molecule has 1 atom stereocenters. The Morgan fingerprint density at radius 3 is 2.75 bits per heavy atom. The van der Waals surface area contributed by atoms with E-state index in [4.69, 9.17) is 4.74 Å². The van der Waals surface area contributed by atoms with Gasteiger partial charge in [-0.15, -0.1) is 0 Å². The molecule has 0 saturated carbocycles. The number of hydrogen-bond donors (Lipinski definition) is 2. The van der Waals surface area contributed by atoms with Crippen molar-refractivity contribution in [1.29, 1.82) is 0 Å². The summed E-state index contributed by atoms with van der Waals surface area (Å²) < 4.78 is 31.2. The van der Waals surface area contributed by atoms with E-state index in [9.17, 15) is 13.2 Å². The zero-order chi connectivity index (χ0) is 17.7. The number of nitrogens with one attached hydrogen (secondary N) is 2. The first-order chi connectivity index (χ1) is 11.3. The number of sulfonamides is 1. The van der Waals surface area contributed by atoms with Crippen LogP contribution in [0, 0.1) is 0 Å². The van der Waals surface area contributed by atoms with E-state index in [1.54, 1.807) is 6.07 Å². The largest absolute Gasteiger partial charge is 0.492 e. The highest BCUT2D eigenvalue weighted by Crippen LogP contribution is 2.29. The van der Waals surface area contributed by atoms with Crippen LogP contribution < -0.4 is 15.4 Å². The Hall–Kier alpha value is -1.64. The number of hydrogen-bond acceptors (Lipinski definition) is 5. The van der Waals surface area contributed by atoms with E-state index in [0.717, 1.165) is 23.7 Å². The number of carbonyl (C=O) groups excluding carboxylic acids is 1. The first-order valence-electron chi connectivity index (χ1n) is 8.07. The molecule has 1 aliphatic heterocycles. The normalized spacial score (nSPS) is 17.9. The van der Waals surface area contributed by atoms with E-state index < -0.39 is 10.0 Å². The molecule has 1 saturated heterocycles. The van der Waals surface area contributed by atoms with Crippen LogP contribution in [0.2, 0.25) is 0 Å². The van der Waals surface area contributed by atoms with Crippen LogP contribution in [0.1, 0.15) is 26.2 Å². The molecule has 1 aromatic rings. The quantitative estimate of drug-likeness (QED) is 0.772. The molecule has 0 radical (unpaired) electrons. The summed E-state index contributed by atoms with van der Waals surface area (Å²) in [4.78, 5) is 12.4. The average Bonchev–Trinajstić information content (AvgIpc) is 3.01. The molecule has 0 bridgehead atoms. The molecule has 0 aromatic heterocycles. The van der Waals surface area contributed by atoms with E-state index in [2.05, 4.69) is 10.6 Å². The van der Waals surface area contributed by atoms with Gasteiger partial charge < -0.3 is 15.4 Å². The molecule has 1 aliphatic rings. The minimum atomic E-state index is -3.58. The van der Waals surface area contributed by atoms with Crippen molar-refractivity contribution in [2.24, 2.45) is 0 Å². The molecular weight excluding hydrogens is 330 g/mol. The second kappa shape index (κ2) is 7.96. The summed E-state index contributed by atoms with van der Waals surface area (Å²) in [6, 6.07) is 4.67. The fourth-order valence-corrected chi connectivity index (χ4v) is 3.54. The van der Waals surface area contributed by atoms with Crippen molar-refractivity contribution in [3.05, 3.63) is 18.2 Å². The fraction of sp³-hybridized carbons (Fsp3) is 0.562. The third kappa shape index (κ3) is 4.46. The smallest absolute Gasteiger partial charge is 0.242 e. The van der Waals surface area contributed by atoms with Gasteiger partial charge in [0.15, 0.2) is 0 Å². The van der Waals surface area contributed by atoms with Crippen LogP contribution in [0.15, 0.2) is 23.1 Å². The van der Waals surface area contributed by atoms with E-state index in [1.165, 1.54) is 26.2 Å². The van der Waals surface area contributed by atoms with E-state index in [-0.39, 0.29) is 16.8 Å². The monoisotopic (exact) mass is 355 g/mol. The fourth-order valence-electron chi connectivity index (χ4n) is 2.62. The van der Waals surface area contributed by atoms with Crippen molar-refractivity contribution in [1.82, 2.24) is 9.62 Å². The molecule has 1 aromatic carbocycles. The maximum Gasteiger partial charge on any atom is 0.242 e. The molecule has 0 aliphatic carbocycles. The van der Waals surface area contributed by atoms with Gasteiger partial charge in [-0.25, -0.2) is 12.7 Å². The molecule has 1 fully saturated rings. The lowest BCUT2D eigenvalue weighted by molar-refractivity contribution is -0.116. The Morgan fingerprint density at radius 2 is 2.17 bits per heavy atom. The van der Waals surface area contributed by atoms with Crippen LogP contribution in [-0.4, -0.2) is 51.9 Å². The second-order valence-electron chi connectivity index (χ2n) is 5.92. The summed E-state index contributed by atoms with van der Waals surface area (Å²) in [7, 11) is -0.639. The number of nitrogens with zero attached hydrogens (tertiary/aromatic N) is 1. The average molecular weight is 355 g/mol. The van der Waals surface area contributed by atoms with Gasteiger partial charge in [0.25, 0.3) is 0 Å². The predicted molar refractivity (Wildman–Crippen MR) is 92.8 cm³/mol. The molecule has 1 heterocycles. The Labute approximate surface area is 143 Å².